The van der Waals surface area contributed by atoms with E-state index in [0.717, 1.165) is 12.8 Å². The zero-order valence-corrected chi connectivity index (χ0v) is 16.9. The lowest BCUT2D eigenvalue weighted by atomic mass is 9.74. The number of carbonyl (C=O) groups excluding carboxylic acids is 2. The maximum Gasteiger partial charge on any atom is 0.236 e. The molecule has 6 nitrogen and oxygen atoms in total. The summed E-state index contributed by atoms with van der Waals surface area (Å²) in [6, 6.07) is 10.4. The molecule has 0 saturated carbocycles. The first-order valence-corrected chi connectivity index (χ1v) is 9.87. The maximum absolute atomic E-state index is 12.5. The molecule has 1 saturated heterocycles. The molecule has 2 rings (SSSR count). The number of amides is 2. The Morgan fingerprint density at radius 3 is 2.30 bits per heavy atom. The summed E-state index contributed by atoms with van der Waals surface area (Å²) in [7, 11) is 1.81. The van der Waals surface area contributed by atoms with Crippen molar-refractivity contribution in [3.63, 3.8) is 0 Å². The van der Waals surface area contributed by atoms with Crippen molar-refractivity contribution in [2.75, 3.05) is 53.0 Å². The fraction of sp³-hybridized carbons (Fsp3) is 0.619. The normalized spacial score (nSPS) is 16.1. The van der Waals surface area contributed by atoms with Gasteiger partial charge >= 0.3 is 0 Å². The predicted molar refractivity (Wildman–Crippen MR) is 107 cm³/mol. The first-order chi connectivity index (χ1) is 13.0. The van der Waals surface area contributed by atoms with Gasteiger partial charge in [0.15, 0.2) is 0 Å². The highest BCUT2D eigenvalue weighted by Crippen LogP contribution is 2.34. The smallest absolute Gasteiger partial charge is 0.236 e. The lowest BCUT2D eigenvalue weighted by molar-refractivity contribution is -0.132. The molecule has 0 radical (unpaired) electrons. The summed E-state index contributed by atoms with van der Waals surface area (Å²) in [5.74, 6) is 0.00660. The number of likely N-dealkylation sites (N-methyl/N-ethyl adjacent to an activating group) is 2. The van der Waals surface area contributed by atoms with Crippen LogP contribution in [0.25, 0.3) is 0 Å². The van der Waals surface area contributed by atoms with Crippen molar-refractivity contribution in [2.45, 2.75) is 32.1 Å². The summed E-state index contributed by atoms with van der Waals surface area (Å²) in [5.41, 5.74) is 1.17. The molecular formula is C21H33N3O3. The van der Waals surface area contributed by atoms with Gasteiger partial charge in [0.2, 0.25) is 11.8 Å². The molecule has 1 heterocycles. The molecule has 0 spiro atoms. The first kappa shape index (κ1) is 21.4. The highest BCUT2D eigenvalue weighted by Gasteiger charge is 2.34. The lowest BCUT2D eigenvalue weighted by Crippen LogP contribution is -2.47. The fourth-order valence-electron chi connectivity index (χ4n) is 3.65. The summed E-state index contributed by atoms with van der Waals surface area (Å²) in [6.07, 6.45) is 1.79. The third-order valence-corrected chi connectivity index (χ3v) is 5.39. The van der Waals surface area contributed by atoms with Crippen molar-refractivity contribution < 1.29 is 14.3 Å². The molecule has 0 aliphatic carbocycles. The third-order valence-electron chi connectivity index (χ3n) is 5.39. The van der Waals surface area contributed by atoms with E-state index in [2.05, 4.69) is 17.4 Å². The largest absolute Gasteiger partial charge is 0.381 e. The number of benzene rings is 1. The molecule has 0 aromatic heterocycles. The molecule has 6 heteroatoms. The number of ether oxygens (including phenoxy) is 1. The van der Waals surface area contributed by atoms with E-state index in [1.54, 1.807) is 9.80 Å². The lowest BCUT2D eigenvalue weighted by Gasteiger charge is -2.38. The Hall–Kier alpha value is -1.92. The van der Waals surface area contributed by atoms with Gasteiger partial charge < -0.3 is 15.0 Å². The summed E-state index contributed by atoms with van der Waals surface area (Å²) in [5, 5.41) is 3.09. The maximum atomic E-state index is 12.5. The molecule has 1 aliphatic heterocycles. The van der Waals surface area contributed by atoms with Gasteiger partial charge in [0.05, 0.1) is 13.1 Å². The molecule has 1 aromatic carbocycles. The number of hydrogen-bond acceptors (Lipinski definition) is 4. The Labute approximate surface area is 162 Å². The van der Waals surface area contributed by atoms with Crippen LogP contribution in [-0.2, 0) is 19.7 Å². The van der Waals surface area contributed by atoms with Crippen molar-refractivity contribution in [2.24, 2.45) is 0 Å². The second kappa shape index (κ2) is 10.4. The van der Waals surface area contributed by atoms with Gasteiger partial charge in [-0.05, 0) is 39.3 Å². The number of nitrogens with zero attached hydrogens (tertiary/aromatic N) is 2. The molecule has 1 fully saturated rings. The van der Waals surface area contributed by atoms with E-state index < -0.39 is 0 Å². The number of nitrogens with one attached hydrogen (secondary N) is 1. The van der Waals surface area contributed by atoms with Gasteiger partial charge in [0, 0.05) is 38.3 Å². The SMILES string of the molecule is CCN(CC)C(=O)CN(C)CC(=O)NCC1(c2ccccc2)CCOCC1. The molecule has 1 aromatic rings. The first-order valence-electron chi connectivity index (χ1n) is 9.87. The summed E-state index contributed by atoms with van der Waals surface area (Å²) in [4.78, 5) is 28.2. The van der Waals surface area contributed by atoms with Crippen LogP contribution in [0.15, 0.2) is 30.3 Å². The van der Waals surface area contributed by atoms with Crippen molar-refractivity contribution in [1.29, 1.82) is 0 Å². The highest BCUT2D eigenvalue weighted by atomic mass is 16.5. The number of rotatable bonds is 9. The molecule has 0 atom stereocenters. The zero-order chi connectivity index (χ0) is 19.7. The van der Waals surface area contributed by atoms with Gasteiger partial charge in [-0.15, -0.1) is 0 Å². The van der Waals surface area contributed by atoms with Crippen LogP contribution in [0.2, 0.25) is 0 Å². The zero-order valence-electron chi connectivity index (χ0n) is 16.9. The molecule has 1 N–H and O–H groups in total. The Balaban J connectivity index is 1.89. The van der Waals surface area contributed by atoms with E-state index in [-0.39, 0.29) is 30.3 Å². The van der Waals surface area contributed by atoms with Crippen molar-refractivity contribution in [1.82, 2.24) is 15.1 Å². The quantitative estimate of drug-likeness (QED) is 0.713. The molecule has 0 unspecified atom stereocenters. The Kier molecular flexibility index (Phi) is 8.25. The minimum absolute atomic E-state index is 0.0494. The van der Waals surface area contributed by atoms with E-state index in [1.807, 2.05) is 39.1 Å². The van der Waals surface area contributed by atoms with Crippen LogP contribution in [0, 0.1) is 0 Å². The molecule has 1 aliphatic rings. The summed E-state index contributed by atoms with van der Waals surface area (Å²) in [6.45, 7) is 7.80. The van der Waals surface area contributed by atoms with Crippen LogP contribution < -0.4 is 5.32 Å². The van der Waals surface area contributed by atoms with Gasteiger partial charge in [0.25, 0.3) is 0 Å². The third kappa shape index (κ3) is 6.04. The average molecular weight is 376 g/mol. The minimum atomic E-state index is -0.0786. The number of hydrogen-bond donors (Lipinski definition) is 1. The second-order valence-corrected chi connectivity index (χ2v) is 7.27. The molecule has 150 valence electrons. The molecule has 0 bridgehead atoms. The van der Waals surface area contributed by atoms with Crippen molar-refractivity contribution in [3.8, 4) is 0 Å². The van der Waals surface area contributed by atoms with Gasteiger partial charge in [-0.3, -0.25) is 14.5 Å². The second-order valence-electron chi connectivity index (χ2n) is 7.27. The van der Waals surface area contributed by atoms with Crippen LogP contribution in [0.1, 0.15) is 32.3 Å². The van der Waals surface area contributed by atoms with E-state index in [1.165, 1.54) is 5.56 Å². The topological polar surface area (TPSA) is 61.9 Å². The average Bonchev–Trinajstić information content (AvgIpc) is 2.68. The predicted octanol–water partition coefficient (Wildman–Crippen LogP) is 1.65. The minimum Gasteiger partial charge on any atom is -0.381 e. The van der Waals surface area contributed by atoms with Crippen LogP contribution in [0.3, 0.4) is 0 Å². The van der Waals surface area contributed by atoms with Crippen LogP contribution in [0.4, 0.5) is 0 Å². The summed E-state index contributed by atoms with van der Waals surface area (Å²) >= 11 is 0. The standard InChI is InChI=1S/C21H33N3O3/c1-4-24(5-2)20(26)16-23(3)15-19(25)22-17-21(11-13-27-14-12-21)18-9-7-6-8-10-18/h6-10H,4-5,11-17H2,1-3H3,(H,22,25). The van der Waals surface area contributed by atoms with Crippen molar-refractivity contribution >= 4 is 11.8 Å². The van der Waals surface area contributed by atoms with Crippen LogP contribution >= 0.6 is 0 Å². The fourth-order valence-corrected chi connectivity index (χ4v) is 3.65. The highest BCUT2D eigenvalue weighted by molar-refractivity contribution is 5.81. The Bertz CT molecular complexity index is 596. The van der Waals surface area contributed by atoms with Gasteiger partial charge in [-0.2, -0.15) is 0 Å². The van der Waals surface area contributed by atoms with E-state index >= 15 is 0 Å². The molecular weight excluding hydrogens is 342 g/mol. The van der Waals surface area contributed by atoms with E-state index in [4.69, 9.17) is 4.74 Å². The van der Waals surface area contributed by atoms with E-state index in [9.17, 15) is 9.59 Å². The number of carbonyl (C=O) groups is 2. The Morgan fingerprint density at radius 2 is 1.70 bits per heavy atom. The van der Waals surface area contributed by atoms with Crippen LogP contribution in [0.5, 0.6) is 0 Å². The molecule has 2 amide bonds. The van der Waals surface area contributed by atoms with E-state index in [0.29, 0.717) is 32.8 Å². The van der Waals surface area contributed by atoms with Crippen LogP contribution in [-0.4, -0.2) is 74.6 Å². The van der Waals surface area contributed by atoms with Gasteiger partial charge in [-0.1, -0.05) is 30.3 Å². The summed E-state index contributed by atoms with van der Waals surface area (Å²) < 4.78 is 5.54. The van der Waals surface area contributed by atoms with Gasteiger partial charge in [-0.25, -0.2) is 0 Å². The monoisotopic (exact) mass is 375 g/mol. The molecule has 27 heavy (non-hydrogen) atoms. The van der Waals surface area contributed by atoms with Gasteiger partial charge in [0.1, 0.15) is 0 Å². The van der Waals surface area contributed by atoms with Crippen molar-refractivity contribution in [3.05, 3.63) is 35.9 Å². The Morgan fingerprint density at radius 1 is 1.07 bits per heavy atom.